The van der Waals surface area contributed by atoms with E-state index in [0.717, 1.165) is 11.7 Å². The Morgan fingerprint density at radius 1 is 0.846 bits per heavy atom. The lowest BCUT2D eigenvalue weighted by Crippen LogP contribution is -2.05. The highest BCUT2D eigenvalue weighted by atomic mass is 32.1. The molecule has 1 saturated carbocycles. The zero-order valence-corrected chi connectivity index (χ0v) is 9.70. The molecule has 0 aromatic heterocycles. The molecule has 1 heteroatoms. The van der Waals surface area contributed by atoms with Gasteiger partial charge in [0.2, 0.25) is 0 Å². The van der Waals surface area contributed by atoms with Gasteiger partial charge in [0.15, 0.2) is 0 Å². The van der Waals surface area contributed by atoms with Crippen LogP contribution in [-0.4, -0.2) is 5.75 Å². The molecule has 1 aliphatic carbocycles. The van der Waals surface area contributed by atoms with Crippen molar-refractivity contribution in [2.24, 2.45) is 5.92 Å². The zero-order chi connectivity index (χ0) is 9.36. The first-order chi connectivity index (χ1) is 6.43. The van der Waals surface area contributed by atoms with Gasteiger partial charge in [-0.1, -0.05) is 57.8 Å². The SMILES string of the molecule is SCCCCCCC1CCCCC1. The minimum absolute atomic E-state index is 1.07. The maximum atomic E-state index is 4.22. The third-order valence-corrected chi connectivity index (χ3v) is 3.56. The fraction of sp³-hybridized carbons (Fsp3) is 1.00. The molecule has 1 aliphatic rings. The number of thiol groups is 1. The molecule has 0 spiro atoms. The zero-order valence-electron chi connectivity index (χ0n) is 8.80. The van der Waals surface area contributed by atoms with Gasteiger partial charge in [0.05, 0.1) is 0 Å². The highest BCUT2D eigenvalue weighted by molar-refractivity contribution is 7.80. The van der Waals surface area contributed by atoms with E-state index in [-0.39, 0.29) is 0 Å². The molecular weight excluding hydrogens is 176 g/mol. The molecule has 13 heavy (non-hydrogen) atoms. The van der Waals surface area contributed by atoms with Crippen LogP contribution >= 0.6 is 12.6 Å². The fourth-order valence-corrected chi connectivity index (χ4v) is 2.60. The highest BCUT2D eigenvalue weighted by Gasteiger charge is 2.12. The van der Waals surface area contributed by atoms with Crippen molar-refractivity contribution in [2.45, 2.75) is 64.2 Å². The maximum Gasteiger partial charge on any atom is -0.00979 e. The molecule has 1 rings (SSSR count). The monoisotopic (exact) mass is 200 g/mol. The van der Waals surface area contributed by atoms with E-state index in [1.54, 1.807) is 0 Å². The number of hydrogen-bond donors (Lipinski definition) is 1. The van der Waals surface area contributed by atoms with Gasteiger partial charge >= 0.3 is 0 Å². The van der Waals surface area contributed by atoms with E-state index in [0.29, 0.717) is 0 Å². The Morgan fingerprint density at radius 3 is 2.23 bits per heavy atom. The van der Waals surface area contributed by atoms with E-state index < -0.39 is 0 Å². The Labute approximate surface area is 88.9 Å². The lowest BCUT2D eigenvalue weighted by Gasteiger charge is -2.21. The Bertz CT molecular complexity index is 106. The van der Waals surface area contributed by atoms with Crippen LogP contribution in [0.2, 0.25) is 0 Å². The number of rotatable bonds is 6. The molecule has 0 unspecified atom stereocenters. The van der Waals surface area contributed by atoms with Crippen molar-refractivity contribution < 1.29 is 0 Å². The Balaban J connectivity index is 1.86. The van der Waals surface area contributed by atoms with Crippen LogP contribution in [0.25, 0.3) is 0 Å². The van der Waals surface area contributed by atoms with Gasteiger partial charge < -0.3 is 0 Å². The van der Waals surface area contributed by atoms with Crippen LogP contribution in [0.5, 0.6) is 0 Å². The molecule has 0 aromatic carbocycles. The molecule has 1 fully saturated rings. The lowest BCUT2D eigenvalue weighted by atomic mass is 9.85. The predicted octanol–water partition coefficient (Wildman–Crippen LogP) is 4.45. The first-order valence-corrected chi connectivity index (χ1v) is 6.67. The quantitative estimate of drug-likeness (QED) is 0.475. The maximum absolute atomic E-state index is 4.22. The van der Waals surface area contributed by atoms with E-state index >= 15 is 0 Å². The van der Waals surface area contributed by atoms with Gasteiger partial charge in [0.25, 0.3) is 0 Å². The van der Waals surface area contributed by atoms with Crippen LogP contribution in [0, 0.1) is 5.92 Å². The van der Waals surface area contributed by atoms with Gasteiger partial charge in [0, 0.05) is 0 Å². The average Bonchev–Trinajstić information content (AvgIpc) is 2.19. The lowest BCUT2D eigenvalue weighted by molar-refractivity contribution is 0.328. The summed E-state index contributed by atoms with van der Waals surface area (Å²) in [5.74, 6) is 2.16. The molecule has 0 aromatic rings. The van der Waals surface area contributed by atoms with Crippen molar-refractivity contribution in [3.63, 3.8) is 0 Å². The molecule has 78 valence electrons. The minimum atomic E-state index is 1.07. The van der Waals surface area contributed by atoms with E-state index in [1.165, 1.54) is 64.2 Å². The Kier molecular flexibility index (Phi) is 6.79. The van der Waals surface area contributed by atoms with Gasteiger partial charge in [-0.3, -0.25) is 0 Å². The first-order valence-electron chi connectivity index (χ1n) is 6.04. The molecule has 0 radical (unpaired) electrons. The molecule has 0 heterocycles. The van der Waals surface area contributed by atoms with E-state index in [9.17, 15) is 0 Å². The van der Waals surface area contributed by atoms with Gasteiger partial charge in [-0.2, -0.15) is 12.6 Å². The Hall–Kier alpha value is 0.350. The van der Waals surface area contributed by atoms with Crippen molar-refractivity contribution in [1.82, 2.24) is 0 Å². The highest BCUT2D eigenvalue weighted by Crippen LogP contribution is 2.27. The molecule has 0 bridgehead atoms. The standard InChI is InChI=1S/C12H24S/c13-11-7-2-1-4-8-12-9-5-3-6-10-12/h12-13H,1-11H2. The summed E-state index contributed by atoms with van der Waals surface area (Å²) in [6.45, 7) is 0. The van der Waals surface area contributed by atoms with Crippen LogP contribution in [0.15, 0.2) is 0 Å². The molecule has 0 saturated heterocycles. The van der Waals surface area contributed by atoms with Crippen molar-refractivity contribution in [2.75, 3.05) is 5.75 Å². The fourth-order valence-electron chi connectivity index (χ4n) is 2.37. The van der Waals surface area contributed by atoms with Crippen molar-refractivity contribution >= 4 is 12.6 Å². The molecule has 0 nitrogen and oxygen atoms in total. The second-order valence-electron chi connectivity index (χ2n) is 4.43. The number of hydrogen-bond acceptors (Lipinski definition) is 1. The summed E-state index contributed by atoms with van der Waals surface area (Å²) in [6, 6.07) is 0. The summed E-state index contributed by atoms with van der Waals surface area (Å²) in [5.41, 5.74) is 0. The first kappa shape index (κ1) is 11.4. The van der Waals surface area contributed by atoms with Crippen molar-refractivity contribution in [3.05, 3.63) is 0 Å². The predicted molar refractivity (Wildman–Crippen MR) is 63.5 cm³/mol. The van der Waals surface area contributed by atoms with Crippen LogP contribution in [0.1, 0.15) is 64.2 Å². The summed E-state index contributed by atoms with van der Waals surface area (Å²) in [4.78, 5) is 0. The summed E-state index contributed by atoms with van der Waals surface area (Å²) >= 11 is 4.22. The third kappa shape index (κ3) is 5.61. The summed E-state index contributed by atoms with van der Waals surface area (Å²) in [6.07, 6.45) is 14.7. The minimum Gasteiger partial charge on any atom is -0.179 e. The summed E-state index contributed by atoms with van der Waals surface area (Å²) in [5, 5.41) is 0. The molecular formula is C12H24S. The van der Waals surface area contributed by atoms with Crippen LogP contribution < -0.4 is 0 Å². The van der Waals surface area contributed by atoms with Gasteiger partial charge in [-0.05, 0) is 18.1 Å². The molecule has 0 aliphatic heterocycles. The van der Waals surface area contributed by atoms with Crippen LogP contribution in [0.4, 0.5) is 0 Å². The van der Waals surface area contributed by atoms with Crippen molar-refractivity contribution in [3.8, 4) is 0 Å². The second-order valence-corrected chi connectivity index (χ2v) is 4.88. The largest absolute Gasteiger partial charge is 0.179 e. The summed E-state index contributed by atoms with van der Waals surface area (Å²) < 4.78 is 0. The van der Waals surface area contributed by atoms with Gasteiger partial charge in [-0.15, -0.1) is 0 Å². The van der Waals surface area contributed by atoms with E-state index in [4.69, 9.17) is 0 Å². The third-order valence-electron chi connectivity index (χ3n) is 3.25. The smallest absolute Gasteiger partial charge is 0.00979 e. The van der Waals surface area contributed by atoms with E-state index in [2.05, 4.69) is 12.6 Å². The van der Waals surface area contributed by atoms with Crippen molar-refractivity contribution in [1.29, 1.82) is 0 Å². The molecule has 0 atom stereocenters. The normalized spacial score (nSPS) is 19.2. The van der Waals surface area contributed by atoms with E-state index in [1.807, 2.05) is 0 Å². The topological polar surface area (TPSA) is 0 Å². The molecule has 0 amide bonds. The Morgan fingerprint density at radius 2 is 1.54 bits per heavy atom. The summed E-state index contributed by atoms with van der Waals surface area (Å²) in [7, 11) is 0. The van der Waals surface area contributed by atoms with Gasteiger partial charge in [0.1, 0.15) is 0 Å². The van der Waals surface area contributed by atoms with Gasteiger partial charge in [-0.25, -0.2) is 0 Å². The average molecular weight is 200 g/mol. The second kappa shape index (κ2) is 7.73. The van der Waals surface area contributed by atoms with Crippen LogP contribution in [0.3, 0.4) is 0 Å². The molecule has 0 N–H and O–H groups in total. The van der Waals surface area contributed by atoms with Crippen LogP contribution in [-0.2, 0) is 0 Å². The number of unbranched alkanes of at least 4 members (excludes halogenated alkanes) is 3.